The third-order valence-electron chi connectivity index (χ3n) is 16.4. The highest BCUT2D eigenvalue weighted by Gasteiger charge is 2.48. The third kappa shape index (κ3) is 5.44. The molecule has 10 aromatic carbocycles. The summed E-state index contributed by atoms with van der Waals surface area (Å²) in [6.45, 7) is 0. The normalized spacial score (nSPS) is 15.1. The molecule has 3 aliphatic carbocycles. The number of nitrogens with zero attached hydrogens (tertiary/aromatic N) is 2. The third-order valence-corrected chi connectivity index (χ3v) is 17.6. The van der Waals surface area contributed by atoms with Crippen LogP contribution in [0, 0.1) is 0 Å². The van der Waals surface area contributed by atoms with Gasteiger partial charge in [-0.1, -0.05) is 195 Å². The molecule has 0 unspecified atom stereocenters. The SMILES string of the molecule is c1ccc(-n2c3ccccc3c3c(N(c4ccc5c(c4)-c4ccccc4C5(c4ccccc4)c4ccccc4)c4ccc5c(c4)sc4ccccc45)cc4c(c32)-c2ccccc2C42CCCCC2)cc1. The van der Waals surface area contributed by atoms with Crippen molar-refractivity contribution in [2.45, 2.75) is 42.9 Å². The Hall–Kier alpha value is -7.98. The quantitative estimate of drug-likeness (QED) is 0.161. The maximum atomic E-state index is 2.67. The van der Waals surface area contributed by atoms with Crippen LogP contribution in [-0.4, -0.2) is 4.57 Å². The molecule has 3 aliphatic rings. The number of thiophene rings is 1. The van der Waals surface area contributed by atoms with Gasteiger partial charge in [-0.25, -0.2) is 0 Å². The van der Waals surface area contributed by atoms with E-state index in [1.165, 1.54) is 128 Å². The van der Waals surface area contributed by atoms with Crippen molar-refractivity contribution in [3.05, 3.63) is 264 Å². The van der Waals surface area contributed by atoms with Crippen molar-refractivity contribution in [2.24, 2.45) is 0 Å². The second-order valence-corrected chi connectivity index (χ2v) is 20.9. The minimum atomic E-state index is -0.489. The summed E-state index contributed by atoms with van der Waals surface area (Å²) < 4.78 is 5.20. The average Bonchev–Trinajstić information content (AvgIpc) is 4.14. The summed E-state index contributed by atoms with van der Waals surface area (Å²) in [4.78, 5) is 2.64. The summed E-state index contributed by atoms with van der Waals surface area (Å²) in [7, 11) is 0. The highest BCUT2D eigenvalue weighted by atomic mass is 32.1. The first-order valence-electron chi connectivity index (χ1n) is 25.1. The molecule has 12 aromatic rings. The molecular weight excluding hydrogens is 865 g/mol. The minimum absolute atomic E-state index is 0.0754. The van der Waals surface area contributed by atoms with Gasteiger partial charge in [-0.15, -0.1) is 11.3 Å². The number of benzene rings is 10. The van der Waals surface area contributed by atoms with Crippen molar-refractivity contribution in [2.75, 3.05) is 4.90 Å². The van der Waals surface area contributed by atoms with Crippen LogP contribution < -0.4 is 4.90 Å². The predicted molar refractivity (Wildman–Crippen MR) is 295 cm³/mol. The highest BCUT2D eigenvalue weighted by molar-refractivity contribution is 7.25. The van der Waals surface area contributed by atoms with Crippen molar-refractivity contribution in [1.82, 2.24) is 4.57 Å². The highest BCUT2D eigenvalue weighted by Crippen LogP contribution is 2.62. The monoisotopic (exact) mass is 912 g/mol. The van der Waals surface area contributed by atoms with Crippen molar-refractivity contribution in [3.63, 3.8) is 0 Å². The van der Waals surface area contributed by atoms with Crippen LogP contribution in [-0.2, 0) is 10.8 Å². The fraction of sp³-hybridized carbons (Fsp3) is 0.104. The number of aromatic nitrogens is 1. The Morgan fingerprint density at radius 1 is 0.414 bits per heavy atom. The molecule has 15 rings (SSSR count). The van der Waals surface area contributed by atoms with Gasteiger partial charge in [0, 0.05) is 59.0 Å². The van der Waals surface area contributed by atoms with Crippen molar-refractivity contribution >= 4 is 70.4 Å². The molecule has 0 aliphatic heterocycles. The predicted octanol–water partition coefficient (Wildman–Crippen LogP) is 18.2. The van der Waals surface area contributed by atoms with Gasteiger partial charge < -0.3 is 9.47 Å². The molecule has 0 bridgehead atoms. The maximum absolute atomic E-state index is 2.67. The van der Waals surface area contributed by atoms with E-state index < -0.39 is 5.41 Å². The largest absolute Gasteiger partial charge is 0.310 e. The van der Waals surface area contributed by atoms with Gasteiger partial charge in [0.1, 0.15) is 0 Å². The summed E-state index contributed by atoms with van der Waals surface area (Å²) in [5.74, 6) is 0. The molecule has 3 heteroatoms. The fourth-order valence-electron chi connectivity index (χ4n) is 13.6. The van der Waals surface area contributed by atoms with Gasteiger partial charge >= 0.3 is 0 Å². The fourth-order valence-corrected chi connectivity index (χ4v) is 14.8. The zero-order valence-electron chi connectivity index (χ0n) is 38.8. The zero-order chi connectivity index (χ0) is 46.0. The van der Waals surface area contributed by atoms with Gasteiger partial charge in [0.2, 0.25) is 0 Å². The topological polar surface area (TPSA) is 8.17 Å². The van der Waals surface area contributed by atoms with Gasteiger partial charge in [-0.3, -0.25) is 0 Å². The summed E-state index contributed by atoms with van der Waals surface area (Å²) in [5.41, 5.74) is 20.2. The number of fused-ring (bicyclic) bond motifs is 15. The lowest BCUT2D eigenvalue weighted by molar-refractivity contribution is 0.353. The van der Waals surface area contributed by atoms with Crippen LogP contribution >= 0.6 is 11.3 Å². The van der Waals surface area contributed by atoms with Crippen LogP contribution in [0.15, 0.2) is 231 Å². The number of para-hydroxylation sites is 2. The van der Waals surface area contributed by atoms with Gasteiger partial charge in [0.25, 0.3) is 0 Å². The van der Waals surface area contributed by atoms with Crippen LogP contribution in [0.4, 0.5) is 17.1 Å². The number of anilines is 3. The Labute approximate surface area is 412 Å². The van der Waals surface area contributed by atoms with Crippen molar-refractivity contribution in [3.8, 4) is 27.9 Å². The molecule has 2 nitrogen and oxygen atoms in total. The van der Waals surface area contributed by atoms with Crippen molar-refractivity contribution < 1.29 is 0 Å². The number of hydrogen-bond donors (Lipinski definition) is 0. The molecule has 2 heterocycles. The Bertz CT molecular complexity index is 4000. The smallest absolute Gasteiger partial charge is 0.0713 e. The molecule has 1 saturated carbocycles. The molecule has 1 fully saturated rings. The molecule has 0 radical (unpaired) electrons. The summed E-state index contributed by atoms with van der Waals surface area (Å²) in [6, 6.07) is 87.4. The van der Waals surface area contributed by atoms with Crippen LogP contribution in [0.5, 0.6) is 0 Å². The van der Waals surface area contributed by atoms with E-state index in [2.05, 4.69) is 240 Å². The Balaban J connectivity index is 1.09. The molecule has 70 heavy (non-hydrogen) atoms. The van der Waals surface area contributed by atoms with E-state index >= 15 is 0 Å². The first-order chi connectivity index (χ1) is 34.7. The zero-order valence-corrected chi connectivity index (χ0v) is 39.6. The molecule has 2 aromatic heterocycles. The average molecular weight is 913 g/mol. The van der Waals surface area contributed by atoms with E-state index in [0.29, 0.717) is 0 Å². The van der Waals surface area contributed by atoms with Crippen molar-refractivity contribution in [1.29, 1.82) is 0 Å². The molecule has 0 amide bonds. The maximum Gasteiger partial charge on any atom is 0.0713 e. The second kappa shape index (κ2) is 15.3. The number of rotatable bonds is 6. The van der Waals surface area contributed by atoms with E-state index in [1.807, 2.05) is 11.3 Å². The minimum Gasteiger partial charge on any atom is -0.310 e. The van der Waals surface area contributed by atoms with E-state index in [9.17, 15) is 0 Å². The van der Waals surface area contributed by atoms with Gasteiger partial charge in [-0.05, 0) is 118 Å². The summed E-state index contributed by atoms with van der Waals surface area (Å²) >= 11 is 1.90. The molecular formula is C67H48N2S. The van der Waals surface area contributed by atoms with E-state index in [-0.39, 0.29) is 5.41 Å². The molecule has 1 spiro atoms. The second-order valence-electron chi connectivity index (χ2n) is 19.8. The van der Waals surface area contributed by atoms with Gasteiger partial charge in [0.05, 0.1) is 22.1 Å². The Kier molecular flexibility index (Phi) is 8.71. The van der Waals surface area contributed by atoms with E-state index in [4.69, 9.17) is 0 Å². The lowest BCUT2D eigenvalue weighted by atomic mass is 9.67. The molecule has 0 N–H and O–H groups in total. The standard InChI is InChI=1S/C67H48N2S/c1-5-21-44(22-6-1)67(45-23-7-2-8-24-45)56-32-16-11-27-49(56)54-41-47(36-38-57(54)67)68(48-35-37-51-50-28-14-18-34-61(50)70-62(51)42-48)60-43-58-63(52-29-12-15-31-55(52)66(58)39-19-4-20-40-66)65-64(60)53-30-13-17-33-59(53)69(65)46-25-9-3-10-26-46/h1-3,5-18,21-38,41-43H,4,19-20,39-40H2. The van der Waals surface area contributed by atoms with E-state index in [0.717, 1.165) is 24.2 Å². The molecule has 0 saturated heterocycles. The van der Waals surface area contributed by atoms with Crippen LogP contribution in [0.25, 0.3) is 69.9 Å². The van der Waals surface area contributed by atoms with Gasteiger partial charge in [0.15, 0.2) is 0 Å². The lowest BCUT2D eigenvalue weighted by Crippen LogP contribution is -2.28. The first kappa shape index (κ1) is 40.0. The summed E-state index contributed by atoms with van der Waals surface area (Å²) in [6.07, 6.45) is 6.04. The molecule has 332 valence electrons. The van der Waals surface area contributed by atoms with Crippen LogP contribution in [0.2, 0.25) is 0 Å². The lowest BCUT2D eigenvalue weighted by Gasteiger charge is -2.37. The number of hydrogen-bond acceptors (Lipinski definition) is 2. The Morgan fingerprint density at radius 3 is 1.77 bits per heavy atom. The molecule has 0 atom stereocenters. The first-order valence-corrected chi connectivity index (χ1v) is 25.9. The summed E-state index contributed by atoms with van der Waals surface area (Å²) in [5, 5.41) is 5.16. The Morgan fingerprint density at radius 2 is 1.00 bits per heavy atom. The van der Waals surface area contributed by atoms with Crippen LogP contribution in [0.3, 0.4) is 0 Å². The van der Waals surface area contributed by atoms with Gasteiger partial charge in [-0.2, -0.15) is 0 Å². The van der Waals surface area contributed by atoms with E-state index in [1.54, 1.807) is 0 Å². The van der Waals surface area contributed by atoms with Crippen LogP contribution in [0.1, 0.15) is 65.5 Å².